The zero-order chi connectivity index (χ0) is 15.2. The second kappa shape index (κ2) is 6.94. The van der Waals surface area contributed by atoms with Crippen molar-refractivity contribution in [3.8, 4) is 0 Å². The number of carbonyl (C=O) groups excluding carboxylic acids is 3. The largest absolute Gasteiger partial charge is 0.318 e. The average Bonchev–Trinajstić information content (AvgIpc) is 2.48. The summed E-state index contributed by atoms with van der Waals surface area (Å²) < 4.78 is 13.0. The maximum Gasteiger partial charge on any atom is 0.316 e. The van der Waals surface area contributed by atoms with Gasteiger partial charge in [0, 0.05) is 11.6 Å². The van der Waals surface area contributed by atoms with Crippen molar-refractivity contribution in [1.29, 1.82) is 0 Å². The summed E-state index contributed by atoms with van der Waals surface area (Å²) in [7, 11) is 0. The van der Waals surface area contributed by atoms with Gasteiger partial charge in [0.05, 0.1) is 0 Å². The first kappa shape index (κ1) is 15.1. The zero-order valence-corrected chi connectivity index (χ0v) is 11.3. The lowest BCUT2D eigenvalue weighted by Gasteiger charge is -2.21. The third-order valence-electron chi connectivity index (χ3n) is 3.24. The first-order valence-electron chi connectivity index (χ1n) is 6.69. The van der Waals surface area contributed by atoms with Crippen molar-refractivity contribution in [3.05, 3.63) is 30.1 Å². The lowest BCUT2D eigenvalue weighted by atomic mass is 9.97. The molecule has 0 spiro atoms. The third kappa shape index (κ3) is 4.35. The van der Waals surface area contributed by atoms with Gasteiger partial charge in [-0.2, -0.15) is 0 Å². The number of hydrogen-bond donors (Lipinski definition) is 3. The molecule has 1 aromatic carbocycles. The summed E-state index contributed by atoms with van der Waals surface area (Å²) in [6.07, 6.45) is 1.26. The second-order valence-electron chi connectivity index (χ2n) is 4.81. The minimum absolute atomic E-state index is 0.157. The molecule has 1 aliphatic rings. The monoisotopic (exact) mass is 293 g/mol. The molecule has 0 aromatic heterocycles. The Balaban J connectivity index is 1.87. The maximum absolute atomic E-state index is 13.0. The summed E-state index contributed by atoms with van der Waals surface area (Å²) in [6.45, 7) is 1.42. The van der Waals surface area contributed by atoms with Gasteiger partial charge in [0.1, 0.15) is 5.82 Å². The van der Waals surface area contributed by atoms with Gasteiger partial charge in [0.25, 0.3) is 0 Å². The topological polar surface area (TPSA) is 87.3 Å². The minimum Gasteiger partial charge on any atom is -0.318 e. The van der Waals surface area contributed by atoms with Crippen molar-refractivity contribution in [2.24, 2.45) is 5.92 Å². The lowest BCUT2D eigenvalue weighted by molar-refractivity contribution is -0.141. The number of rotatable bonds is 2. The molecule has 0 bridgehead atoms. The highest BCUT2D eigenvalue weighted by atomic mass is 19.1. The molecule has 3 N–H and O–H groups in total. The summed E-state index contributed by atoms with van der Waals surface area (Å²) >= 11 is 0. The van der Waals surface area contributed by atoms with Gasteiger partial charge >= 0.3 is 11.8 Å². The van der Waals surface area contributed by atoms with Crippen molar-refractivity contribution in [1.82, 2.24) is 10.6 Å². The summed E-state index contributed by atoms with van der Waals surface area (Å²) in [5.74, 6) is -3.28. The Morgan fingerprint density at radius 1 is 1.14 bits per heavy atom. The molecule has 21 heavy (non-hydrogen) atoms. The molecule has 1 aliphatic heterocycles. The Morgan fingerprint density at radius 2 is 1.86 bits per heavy atom. The van der Waals surface area contributed by atoms with E-state index in [1.165, 1.54) is 18.2 Å². The van der Waals surface area contributed by atoms with E-state index in [4.69, 9.17) is 0 Å². The Kier molecular flexibility index (Phi) is 4.99. The van der Waals surface area contributed by atoms with Gasteiger partial charge in [-0.1, -0.05) is 6.07 Å². The number of imide groups is 1. The molecular formula is C14H16FN3O3. The average molecular weight is 293 g/mol. The van der Waals surface area contributed by atoms with E-state index in [-0.39, 0.29) is 11.6 Å². The Labute approximate surface area is 121 Å². The SMILES string of the molecule is O=C(NC(=O)C1CCNCC1)C(=O)Nc1cccc(F)c1. The van der Waals surface area contributed by atoms with Crippen LogP contribution in [0.5, 0.6) is 0 Å². The number of anilines is 1. The number of halogens is 1. The van der Waals surface area contributed by atoms with Crippen LogP contribution >= 0.6 is 0 Å². The van der Waals surface area contributed by atoms with Crippen LogP contribution < -0.4 is 16.0 Å². The summed E-state index contributed by atoms with van der Waals surface area (Å²) in [5, 5.41) is 7.41. The van der Waals surface area contributed by atoms with Gasteiger partial charge < -0.3 is 10.6 Å². The van der Waals surface area contributed by atoms with Crippen LogP contribution in [0, 0.1) is 11.7 Å². The highest BCUT2D eigenvalue weighted by Crippen LogP contribution is 2.11. The molecule has 1 heterocycles. The van der Waals surface area contributed by atoms with E-state index in [1.807, 2.05) is 0 Å². The standard InChI is InChI=1S/C14H16FN3O3/c15-10-2-1-3-11(8-10)17-13(20)14(21)18-12(19)9-4-6-16-7-5-9/h1-3,8-9,16H,4-7H2,(H,17,20)(H,18,19,21). The number of benzene rings is 1. The number of carbonyl (C=O) groups is 3. The highest BCUT2D eigenvalue weighted by Gasteiger charge is 2.25. The van der Waals surface area contributed by atoms with Crippen molar-refractivity contribution in [3.63, 3.8) is 0 Å². The lowest BCUT2D eigenvalue weighted by Crippen LogP contribution is -2.44. The number of nitrogens with one attached hydrogen (secondary N) is 3. The molecule has 1 fully saturated rings. The normalized spacial score (nSPS) is 15.3. The van der Waals surface area contributed by atoms with Crippen LogP contribution in [0.4, 0.5) is 10.1 Å². The van der Waals surface area contributed by atoms with Gasteiger partial charge in [0.15, 0.2) is 0 Å². The van der Waals surface area contributed by atoms with Crippen LogP contribution in [0.3, 0.4) is 0 Å². The van der Waals surface area contributed by atoms with Crippen LogP contribution in [0.15, 0.2) is 24.3 Å². The van der Waals surface area contributed by atoms with Gasteiger partial charge in [-0.15, -0.1) is 0 Å². The van der Waals surface area contributed by atoms with E-state index in [9.17, 15) is 18.8 Å². The molecule has 112 valence electrons. The van der Waals surface area contributed by atoms with Gasteiger partial charge in [-0.3, -0.25) is 19.7 Å². The molecule has 0 unspecified atom stereocenters. The van der Waals surface area contributed by atoms with E-state index in [0.717, 1.165) is 6.07 Å². The van der Waals surface area contributed by atoms with E-state index >= 15 is 0 Å². The fourth-order valence-electron chi connectivity index (χ4n) is 2.11. The predicted molar refractivity (Wildman–Crippen MR) is 73.8 cm³/mol. The number of piperidine rings is 1. The first-order valence-corrected chi connectivity index (χ1v) is 6.69. The first-order chi connectivity index (χ1) is 10.1. The van der Waals surface area contributed by atoms with Gasteiger partial charge in [-0.25, -0.2) is 4.39 Å². The summed E-state index contributed by atoms with van der Waals surface area (Å²) in [6, 6.07) is 5.15. The zero-order valence-electron chi connectivity index (χ0n) is 11.3. The van der Waals surface area contributed by atoms with E-state index < -0.39 is 23.5 Å². The van der Waals surface area contributed by atoms with Gasteiger partial charge in [-0.05, 0) is 44.1 Å². The quantitative estimate of drug-likeness (QED) is 0.689. The Morgan fingerprint density at radius 3 is 2.52 bits per heavy atom. The fraction of sp³-hybridized carbons (Fsp3) is 0.357. The van der Waals surface area contributed by atoms with Crippen LogP contribution in [0.25, 0.3) is 0 Å². The molecule has 0 radical (unpaired) electrons. The molecule has 2 rings (SSSR count). The number of amides is 3. The number of hydrogen-bond acceptors (Lipinski definition) is 4. The molecule has 6 nitrogen and oxygen atoms in total. The van der Waals surface area contributed by atoms with E-state index in [2.05, 4.69) is 16.0 Å². The van der Waals surface area contributed by atoms with E-state index in [1.54, 1.807) is 0 Å². The molecule has 1 saturated heterocycles. The molecule has 0 aliphatic carbocycles. The van der Waals surface area contributed by atoms with Gasteiger partial charge in [0.2, 0.25) is 5.91 Å². The summed E-state index contributed by atoms with van der Waals surface area (Å²) in [5.41, 5.74) is 0.157. The molecule has 0 saturated carbocycles. The van der Waals surface area contributed by atoms with Crippen molar-refractivity contribution < 1.29 is 18.8 Å². The third-order valence-corrected chi connectivity index (χ3v) is 3.24. The van der Waals surface area contributed by atoms with Crippen molar-refractivity contribution >= 4 is 23.4 Å². The smallest absolute Gasteiger partial charge is 0.316 e. The fourth-order valence-corrected chi connectivity index (χ4v) is 2.11. The van der Waals surface area contributed by atoms with E-state index in [0.29, 0.717) is 25.9 Å². The highest BCUT2D eigenvalue weighted by molar-refractivity contribution is 6.41. The van der Waals surface area contributed by atoms with Crippen LogP contribution in [0.1, 0.15) is 12.8 Å². The summed E-state index contributed by atoms with van der Waals surface area (Å²) in [4.78, 5) is 35.1. The molecule has 7 heteroatoms. The minimum atomic E-state index is -1.04. The predicted octanol–water partition coefficient (Wildman–Crippen LogP) is 0.407. The Hall–Kier alpha value is -2.28. The maximum atomic E-state index is 13.0. The van der Waals surface area contributed by atoms with Crippen LogP contribution in [0.2, 0.25) is 0 Å². The molecule has 3 amide bonds. The Bertz CT molecular complexity index is 556. The van der Waals surface area contributed by atoms with Crippen LogP contribution in [-0.2, 0) is 14.4 Å². The second-order valence-corrected chi connectivity index (χ2v) is 4.81. The van der Waals surface area contributed by atoms with Crippen molar-refractivity contribution in [2.45, 2.75) is 12.8 Å². The molecular weight excluding hydrogens is 277 g/mol. The van der Waals surface area contributed by atoms with Crippen molar-refractivity contribution in [2.75, 3.05) is 18.4 Å². The van der Waals surface area contributed by atoms with Crippen LogP contribution in [-0.4, -0.2) is 30.8 Å². The molecule has 0 atom stereocenters. The molecule has 1 aromatic rings.